The fourth-order valence-electron chi connectivity index (χ4n) is 2.91. The quantitative estimate of drug-likeness (QED) is 0.594. The van der Waals surface area contributed by atoms with Gasteiger partial charge >= 0.3 is 18.1 Å². The number of hydrogen-bond acceptors (Lipinski definition) is 5. The smallest absolute Gasteiger partial charge is 0.459 e. The molecule has 0 bridgehead atoms. The number of hydrogen-bond donors (Lipinski definition) is 2. The topological polar surface area (TPSA) is 110 Å². The highest BCUT2D eigenvalue weighted by Crippen LogP contribution is 2.21. The molecule has 0 saturated heterocycles. The van der Waals surface area contributed by atoms with Crippen LogP contribution in [-0.4, -0.2) is 40.5 Å². The largest absolute Gasteiger partial charge is 0.503 e. The zero-order chi connectivity index (χ0) is 17.8. The summed E-state index contributed by atoms with van der Waals surface area (Å²) in [6, 6.07) is 0. The molecule has 0 aromatic rings. The van der Waals surface area contributed by atoms with Crippen molar-refractivity contribution in [2.24, 2.45) is 0 Å². The summed E-state index contributed by atoms with van der Waals surface area (Å²) < 4.78 is 10.6. The van der Waals surface area contributed by atoms with Crippen molar-refractivity contribution in [3.63, 3.8) is 0 Å². The minimum atomic E-state index is -1.83. The minimum absolute atomic E-state index is 0.0234. The second-order valence-electron chi connectivity index (χ2n) is 6.01. The summed E-state index contributed by atoms with van der Waals surface area (Å²) in [6.45, 7) is 0. The summed E-state index contributed by atoms with van der Waals surface area (Å²) in [5.41, 5.74) is 0. The molecule has 2 aliphatic rings. The Morgan fingerprint density at radius 3 is 1.25 bits per heavy atom. The molecule has 2 rings (SSSR count). The van der Waals surface area contributed by atoms with E-state index >= 15 is 0 Å². The Bertz CT molecular complexity index is 394. The van der Waals surface area contributed by atoms with Crippen LogP contribution in [0.4, 0.5) is 4.79 Å². The average Bonchev–Trinajstić information content (AvgIpc) is 2.54. The Morgan fingerprint density at radius 2 is 0.958 bits per heavy atom. The lowest BCUT2D eigenvalue weighted by atomic mass is 9.98. The molecule has 2 aliphatic carbocycles. The zero-order valence-corrected chi connectivity index (χ0v) is 13.8. The van der Waals surface area contributed by atoms with Crippen molar-refractivity contribution < 1.29 is 34.1 Å². The fourth-order valence-corrected chi connectivity index (χ4v) is 2.91. The Balaban J connectivity index is 0.000000648. The molecule has 0 atom stereocenters. The molecule has 0 radical (unpaired) electrons. The van der Waals surface area contributed by atoms with Crippen LogP contribution in [0.15, 0.2) is 12.2 Å². The Hall–Kier alpha value is -2.05. The average molecular weight is 342 g/mol. The van der Waals surface area contributed by atoms with Gasteiger partial charge in [-0.1, -0.05) is 12.8 Å². The van der Waals surface area contributed by atoms with E-state index in [1.54, 1.807) is 0 Å². The Labute approximate surface area is 141 Å². The van der Waals surface area contributed by atoms with Gasteiger partial charge in [-0.25, -0.2) is 14.4 Å². The van der Waals surface area contributed by atoms with Gasteiger partial charge < -0.3 is 19.7 Å². The molecule has 2 fully saturated rings. The van der Waals surface area contributed by atoms with Gasteiger partial charge in [0.05, 0.1) is 0 Å². The number of esters is 2. The van der Waals surface area contributed by atoms with E-state index in [0.29, 0.717) is 0 Å². The summed E-state index contributed by atoms with van der Waals surface area (Å²) in [4.78, 5) is 31.7. The van der Waals surface area contributed by atoms with Crippen LogP contribution in [-0.2, 0) is 19.1 Å². The molecule has 0 amide bonds. The summed E-state index contributed by atoms with van der Waals surface area (Å²) in [5.74, 6) is -0.866. The highest BCUT2D eigenvalue weighted by Gasteiger charge is 2.18. The highest BCUT2D eigenvalue weighted by molar-refractivity contribution is 5.91. The maximum atomic E-state index is 11.6. The number of carboxylic acid groups (broad SMARTS) is 2. The van der Waals surface area contributed by atoms with Crippen molar-refractivity contribution in [3.05, 3.63) is 12.2 Å². The molecule has 24 heavy (non-hydrogen) atoms. The van der Waals surface area contributed by atoms with Crippen LogP contribution >= 0.6 is 0 Å². The van der Waals surface area contributed by atoms with E-state index in [4.69, 9.17) is 24.5 Å². The van der Waals surface area contributed by atoms with Crippen molar-refractivity contribution in [1.82, 2.24) is 0 Å². The van der Waals surface area contributed by atoms with Crippen LogP contribution in [0.25, 0.3) is 0 Å². The SMILES string of the molecule is O=C(/C=C\C(=O)OC1CCCCC1)OC1CCCCC1.O=C(O)O. The molecule has 0 spiro atoms. The molecular formula is C17H26O7. The van der Waals surface area contributed by atoms with Gasteiger partial charge in [0.1, 0.15) is 12.2 Å². The van der Waals surface area contributed by atoms with Crippen molar-refractivity contribution in [1.29, 1.82) is 0 Å². The van der Waals surface area contributed by atoms with Crippen LogP contribution in [0.3, 0.4) is 0 Å². The molecule has 2 saturated carbocycles. The second-order valence-corrected chi connectivity index (χ2v) is 6.01. The minimum Gasteiger partial charge on any atom is -0.459 e. The maximum absolute atomic E-state index is 11.6. The molecular weight excluding hydrogens is 316 g/mol. The van der Waals surface area contributed by atoms with E-state index in [0.717, 1.165) is 51.4 Å². The van der Waals surface area contributed by atoms with Crippen LogP contribution in [0.5, 0.6) is 0 Å². The zero-order valence-electron chi connectivity index (χ0n) is 13.8. The number of rotatable bonds is 4. The molecule has 0 unspecified atom stereocenters. The highest BCUT2D eigenvalue weighted by atomic mass is 16.6. The summed E-state index contributed by atoms with van der Waals surface area (Å²) in [7, 11) is 0. The van der Waals surface area contributed by atoms with Gasteiger partial charge in [0.25, 0.3) is 0 Å². The molecule has 0 heterocycles. The summed E-state index contributed by atoms with van der Waals surface area (Å²) in [5, 5.41) is 13.9. The first-order valence-electron chi connectivity index (χ1n) is 8.48. The maximum Gasteiger partial charge on any atom is 0.503 e. The number of carbonyl (C=O) groups is 3. The predicted molar refractivity (Wildman–Crippen MR) is 85.7 cm³/mol. The summed E-state index contributed by atoms with van der Waals surface area (Å²) >= 11 is 0. The van der Waals surface area contributed by atoms with Crippen molar-refractivity contribution in [3.8, 4) is 0 Å². The Kier molecular flexibility index (Phi) is 9.56. The van der Waals surface area contributed by atoms with Crippen LogP contribution in [0.1, 0.15) is 64.2 Å². The Morgan fingerprint density at radius 1 is 0.667 bits per heavy atom. The van der Waals surface area contributed by atoms with E-state index in [1.807, 2.05) is 0 Å². The van der Waals surface area contributed by atoms with E-state index in [2.05, 4.69) is 0 Å². The summed E-state index contributed by atoms with van der Waals surface area (Å²) in [6.07, 6.45) is 11.3. The van der Waals surface area contributed by atoms with Crippen LogP contribution in [0.2, 0.25) is 0 Å². The van der Waals surface area contributed by atoms with Crippen molar-refractivity contribution in [2.75, 3.05) is 0 Å². The normalized spacial score (nSPS) is 19.2. The third kappa shape index (κ3) is 9.86. The molecule has 0 aromatic heterocycles. The van der Waals surface area contributed by atoms with Crippen molar-refractivity contribution >= 4 is 18.1 Å². The van der Waals surface area contributed by atoms with Crippen LogP contribution < -0.4 is 0 Å². The first-order valence-corrected chi connectivity index (χ1v) is 8.48. The molecule has 2 N–H and O–H groups in total. The van der Waals surface area contributed by atoms with E-state index in [-0.39, 0.29) is 12.2 Å². The van der Waals surface area contributed by atoms with Gasteiger partial charge in [-0.05, 0) is 51.4 Å². The van der Waals surface area contributed by atoms with Gasteiger partial charge in [-0.2, -0.15) is 0 Å². The predicted octanol–water partition coefficient (Wildman–Crippen LogP) is 3.52. The van der Waals surface area contributed by atoms with Gasteiger partial charge in [0, 0.05) is 12.2 Å². The van der Waals surface area contributed by atoms with Gasteiger partial charge in [0.2, 0.25) is 0 Å². The van der Waals surface area contributed by atoms with Crippen molar-refractivity contribution in [2.45, 2.75) is 76.4 Å². The molecule has 0 aromatic carbocycles. The van der Waals surface area contributed by atoms with Gasteiger partial charge in [0.15, 0.2) is 0 Å². The first-order chi connectivity index (χ1) is 11.5. The number of carbonyl (C=O) groups excluding carboxylic acids is 2. The monoisotopic (exact) mass is 342 g/mol. The third-order valence-corrected chi connectivity index (χ3v) is 4.03. The molecule has 7 nitrogen and oxygen atoms in total. The van der Waals surface area contributed by atoms with Gasteiger partial charge in [-0.3, -0.25) is 0 Å². The fraction of sp³-hybridized carbons (Fsp3) is 0.706. The second kappa shape index (κ2) is 11.5. The molecule has 7 heteroatoms. The molecule has 0 aliphatic heterocycles. The van der Waals surface area contributed by atoms with Crippen LogP contribution in [0, 0.1) is 0 Å². The lowest BCUT2D eigenvalue weighted by molar-refractivity contribution is -0.147. The third-order valence-electron chi connectivity index (χ3n) is 4.03. The first kappa shape index (κ1) is 20.0. The van der Waals surface area contributed by atoms with Gasteiger partial charge in [-0.15, -0.1) is 0 Å². The standard InChI is InChI=1S/C16H24O4.CH2O3/c17-15(19-13-7-3-1-4-8-13)11-12-16(18)20-14-9-5-2-6-10-14;2-1(3)4/h11-14H,1-10H2;(H2,2,3,4)/b12-11-;. The lowest BCUT2D eigenvalue weighted by Crippen LogP contribution is -2.21. The molecule has 136 valence electrons. The lowest BCUT2D eigenvalue weighted by Gasteiger charge is -2.21. The van der Waals surface area contributed by atoms with E-state index in [1.165, 1.54) is 25.0 Å². The van der Waals surface area contributed by atoms with E-state index in [9.17, 15) is 9.59 Å². The van der Waals surface area contributed by atoms with E-state index < -0.39 is 18.1 Å². The number of ether oxygens (including phenoxy) is 2.